The van der Waals surface area contributed by atoms with Crippen molar-refractivity contribution in [2.75, 3.05) is 0 Å². The quantitative estimate of drug-likeness (QED) is 0.784. The van der Waals surface area contributed by atoms with Gasteiger partial charge < -0.3 is 4.74 Å². The van der Waals surface area contributed by atoms with E-state index in [4.69, 9.17) is 4.74 Å². The minimum atomic E-state index is -0.597. The molecule has 1 aliphatic heterocycles. The predicted octanol–water partition coefficient (Wildman–Crippen LogP) is 2.89. The van der Waals surface area contributed by atoms with Crippen LogP contribution in [0.1, 0.15) is 38.8 Å². The molecule has 1 unspecified atom stereocenters. The van der Waals surface area contributed by atoms with E-state index in [0.717, 1.165) is 6.20 Å². The molecule has 0 N–H and O–H groups in total. The number of hydrazone groups is 1. The van der Waals surface area contributed by atoms with Crippen LogP contribution in [-0.2, 0) is 4.74 Å². The van der Waals surface area contributed by atoms with Crippen molar-refractivity contribution in [1.29, 1.82) is 0 Å². The smallest absolute Gasteiger partial charge is 0.431 e. The van der Waals surface area contributed by atoms with Crippen LogP contribution in [0.3, 0.4) is 0 Å². The number of halogens is 1. The summed E-state index contributed by atoms with van der Waals surface area (Å²) in [5, 5.41) is 5.21. The van der Waals surface area contributed by atoms with Gasteiger partial charge in [0.2, 0.25) is 0 Å². The van der Waals surface area contributed by atoms with Gasteiger partial charge in [-0.1, -0.05) is 0 Å². The average Bonchev–Trinajstić information content (AvgIpc) is 2.75. The molecule has 0 aromatic carbocycles. The molecule has 0 spiro atoms. The number of rotatable bonds is 1. The molecule has 0 bridgehead atoms. The Morgan fingerprint density at radius 2 is 2.21 bits per heavy atom. The lowest BCUT2D eigenvalue weighted by Gasteiger charge is -2.26. The van der Waals surface area contributed by atoms with Gasteiger partial charge in [-0.05, 0) is 32.4 Å². The van der Waals surface area contributed by atoms with Crippen LogP contribution in [0, 0.1) is 5.82 Å². The molecule has 102 valence electrons. The zero-order valence-corrected chi connectivity index (χ0v) is 11.1. The molecule has 0 aliphatic carbocycles. The Balaban J connectivity index is 2.17. The number of ether oxygens (including phenoxy) is 1. The fourth-order valence-electron chi connectivity index (χ4n) is 1.79. The third-order valence-corrected chi connectivity index (χ3v) is 2.52. The van der Waals surface area contributed by atoms with E-state index in [0.29, 0.717) is 12.0 Å². The normalized spacial score (nSPS) is 18.7. The SMILES string of the molecule is CC(C)(C)OC(=O)N1N=CCC1c1cncc(F)c1. The molecule has 1 aromatic heterocycles. The molecular weight excluding hydrogens is 249 g/mol. The van der Waals surface area contributed by atoms with Crippen molar-refractivity contribution in [3.05, 3.63) is 29.8 Å². The van der Waals surface area contributed by atoms with Gasteiger partial charge in [0.05, 0.1) is 12.2 Å². The molecule has 1 aliphatic rings. The van der Waals surface area contributed by atoms with Crippen molar-refractivity contribution < 1.29 is 13.9 Å². The first-order valence-electron chi connectivity index (χ1n) is 6.02. The molecule has 1 atom stereocenters. The van der Waals surface area contributed by atoms with E-state index in [-0.39, 0.29) is 6.04 Å². The van der Waals surface area contributed by atoms with E-state index in [9.17, 15) is 9.18 Å². The molecule has 0 fully saturated rings. The van der Waals surface area contributed by atoms with Crippen molar-refractivity contribution in [1.82, 2.24) is 9.99 Å². The summed E-state index contributed by atoms with van der Waals surface area (Å²) in [5.74, 6) is -0.437. The molecular formula is C13H16FN3O2. The molecule has 0 saturated carbocycles. The van der Waals surface area contributed by atoms with Crippen LogP contribution in [0.4, 0.5) is 9.18 Å². The second kappa shape index (κ2) is 4.95. The van der Waals surface area contributed by atoms with E-state index in [1.54, 1.807) is 27.0 Å². The lowest BCUT2D eigenvalue weighted by molar-refractivity contribution is 0.0195. The second-order valence-corrected chi connectivity index (χ2v) is 5.31. The van der Waals surface area contributed by atoms with E-state index in [2.05, 4.69) is 10.1 Å². The molecule has 6 heteroatoms. The zero-order valence-electron chi connectivity index (χ0n) is 11.1. The van der Waals surface area contributed by atoms with Crippen LogP contribution in [0.25, 0.3) is 0 Å². The van der Waals surface area contributed by atoms with Crippen molar-refractivity contribution in [3.8, 4) is 0 Å². The number of aromatic nitrogens is 1. The Bertz CT molecular complexity index is 511. The fourth-order valence-corrected chi connectivity index (χ4v) is 1.79. The summed E-state index contributed by atoms with van der Waals surface area (Å²) >= 11 is 0. The Hall–Kier alpha value is -1.98. The second-order valence-electron chi connectivity index (χ2n) is 5.31. The maximum atomic E-state index is 13.2. The van der Waals surface area contributed by atoms with Gasteiger partial charge in [-0.15, -0.1) is 0 Å². The fraction of sp³-hybridized carbons (Fsp3) is 0.462. The van der Waals surface area contributed by atoms with Gasteiger partial charge in [-0.3, -0.25) is 4.98 Å². The lowest BCUT2D eigenvalue weighted by Crippen LogP contribution is -2.34. The summed E-state index contributed by atoms with van der Waals surface area (Å²) in [6, 6.07) is 0.988. The first kappa shape index (κ1) is 13.5. The number of nitrogens with zero attached hydrogens (tertiary/aromatic N) is 3. The van der Waals surface area contributed by atoms with Crippen molar-refractivity contribution in [3.63, 3.8) is 0 Å². The topological polar surface area (TPSA) is 54.8 Å². The number of hydrogen-bond donors (Lipinski definition) is 0. The number of carbonyl (C=O) groups excluding carboxylic acids is 1. The molecule has 1 amide bonds. The Morgan fingerprint density at radius 1 is 1.47 bits per heavy atom. The van der Waals surface area contributed by atoms with E-state index < -0.39 is 17.5 Å². The maximum Gasteiger partial charge on any atom is 0.431 e. The Kier molecular flexibility index (Phi) is 3.50. The third-order valence-electron chi connectivity index (χ3n) is 2.52. The van der Waals surface area contributed by atoms with Gasteiger partial charge in [-0.25, -0.2) is 9.18 Å². The van der Waals surface area contributed by atoms with Crippen molar-refractivity contribution in [2.45, 2.75) is 38.8 Å². The van der Waals surface area contributed by atoms with Gasteiger partial charge in [0.1, 0.15) is 11.4 Å². The number of hydrogen-bond acceptors (Lipinski definition) is 4. The highest BCUT2D eigenvalue weighted by molar-refractivity contribution is 5.74. The van der Waals surface area contributed by atoms with E-state index >= 15 is 0 Å². The van der Waals surface area contributed by atoms with Crippen LogP contribution in [0.15, 0.2) is 23.6 Å². The molecule has 1 aromatic rings. The number of carbonyl (C=O) groups is 1. The van der Waals surface area contributed by atoms with E-state index in [1.807, 2.05) is 0 Å². The van der Waals surface area contributed by atoms with Gasteiger partial charge in [0, 0.05) is 18.8 Å². The summed E-state index contributed by atoms with van der Waals surface area (Å²) in [7, 11) is 0. The van der Waals surface area contributed by atoms with Crippen LogP contribution in [0.2, 0.25) is 0 Å². The highest BCUT2D eigenvalue weighted by Gasteiger charge is 2.32. The Morgan fingerprint density at radius 3 is 2.84 bits per heavy atom. The van der Waals surface area contributed by atoms with Crippen molar-refractivity contribution >= 4 is 12.3 Å². The van der Waals surface area contributed by atoms with Gasteiger partial charge in [0.15, 0.2) is 0 Å². The summed E-state index contributed by atoms with van der Waals surface area (Å²) in [5.41, 5.74) is 0.00304. The molecule has 5 nitrogen and oxygen atoms in total. The molecule has 19 heavy (non-hydrogen) atoms. The summed E-state index contributed by atoms with van der Waals surface area (Å²) in [6.07, 6.45) is 4.23. The zero-order chi connectivity index (χ0) is 14.0. The maximum absolute atomic E-state index is 13.2. The third kappa shape index (κ3) is 3.27. The largest absolute Gasteiger partial charge is 0.442 e. The lowest BCUT2D eigenvalue weighted by atomic mass is 10.1. The molecule has 2 rings (SSSR count). The monoisotopic (exact) mass is 265 g/mol. The number of pyridine rings is 1. The first-order chi connectivity index (χ1) is 8.87. The Labute approximate surface area is 111 Å². The van der Waals surface area contributed by atoms with Crippen LogP contribution in [-0.4, -0.2) is 27.9 Å². The van der Waals surface area contributed by atoms with Crippen LogP contribution >= 0.6 is 0 Å². The van der Waals surface area contributed by atoms with Gasteiger partial charge >= 0.3 is 6.09 Å². The predicted molar refractivity (Wildman–Crippen MR) is 68.1 cm³/mol. The molecule has 2 heterocycles. The average molecular weight is 265 g/mol. The summed E-state index contributed by atoms with van der Waals surface area (Å²) in [4.78, 5) is 15.8. The minimum Gasteiger partial charge on any atom is -0.442 e. The molecule has 0 saturated heterocycles. The molecule has 0 radical (unpaired) electrons. The van der Waals surface area contributed by atoms with Crippen LogP contribution < -0.4 is 0 Å². The highest BCUT2D eigenvalue weighted by atomic mass is 19.1. The summed E-state index contributed by atoms with van der Waals surface area (Å²) in [6.45, 7) is 5.34. The van der Waals surface area contributed by atoms with Crippen LogP contribution in [0.5, 0.6) is 0 Å². The van der Waals surface area contributed by atoms with Gasteiger partial charge in [-0.2, -0.15) is 10.1 Å². The summed E-state index contributed by atoms with van der Waals surface area (Å²) < 4.78 is 18.4. The number of amides is 1. The highest BCUT2D eigenvalue weighted by Crippen LogP contribution is 2.29. The standard InChI is InChI=1S/C13H16FN3O2/c1-13(2,3)19-12(18)17-11(4-5-16-17)9-6-10(14)8-15-7-9/h5-8,11H,4H2,1-3H3. The van der Waals surface area contributed by atoms with Gasteiger partial charge in [0.25, 0.3) is 0 Å². The van der Waals surface area contributed by atoms with Crippen molar-refractivity contribution in [2.24, 2.45) is 5.10 Å². The minimum absolute atomic E-state index is 0.363. The van der Waals surface area contributed by atoms with E-state index in [1.165, 1.54) is 17.3 Å². The first-order valence-corrected chi connectivity index (χ1v) is 6.02.